The summed E-state index contributed by atoms with van der Waals surface area (Å²) in [7, 11) is 1.85. The molecule has 3 rings (SSSR count). The zero-order valence-electron chi connectivity index (χ0n) is 12.0. The third-order valence-electron chi connectivity index (χ3n) is 3.56. The first kappa shape index (κ1) is 13.4. The standard InChI is InChI=1S/C15H16N4O2/c1-10-7-11(18(2)17-10)9-19-13-6-4-3-5-12(13)15(21)16-8-14(19)20/h3-7H,8-9H2,1-2H3,(H,16,21). The molecule has 0 radical (unpaired) electrons. The SMILES string of the molecule is Cc1cc(CN2C(=O)CNC(=O)c3ccccc32)n(C)n1. The lowest BCUT2D eigenvalue weighted by molar-refractivity contribution is -0.117. The molecule has 0 unspecified atom stereocenters. The minimum absolute atomic E-state index is 0.00431. The van der Waals surface area contributed by atoms with Gasteiger partial charge in [-0.25, -0.2) is 0 Å². The van der Waals surface area contributed by atoms with Crippen molar-refractivity contribution in [3.63, 3.8) is 0 Å². The van der Waals surface area contributed by atoms with Gasteiger partial charge in [0.2, 0.25) is 5.91 Å². The van der Waals surface area contributed by atoms with Crippen molar-refractivity contribution in [1.29, 1.82) is 0 Å². The van der Waals surface area contributed by atoms with E-state index in [4.69, 9.17) is 0 Å². The predicted octanol–water partition coefficient (Wildman–Crippen LogP) is 1.01. The van der Waals surface area contributed by atoms with Gasteiger partial charge in [0.05, 0.1) is 35.7 Å². The molecule has 2 aromatic rings. The molecular weight excluding hydrogens is 268 g/mol. The monoisotopic (exact) mass is 284 g/mol. The Labute approximate surface area is 122 Å². The minimum Gasteiger partial charge on any atom is -0.343 e. The van der Waals surface area contributed by atoms with Crippen LogP contribution in [0, 0.1) is 6.92 Å². The molecule has 6 nitrogen and oxygen atoms in total. The summed E-state index contributed by atoms with van der Waals surface area (Å²) in [5.41, 5.74) is 2.97. The van der Waals surface area contributed by atoms with Gasteiger partial charge in [0.15, 0.2) is 0 Å². The Morgan fingerprint density at radius 3 is 2.76 bits per heavy atom. The summed E-state index contributed by atoms with van der Waals surface area (Å²) < 4.78 is 1.76. The summed E-state index contributed by atoms with van der Waals surface area (Å²) >= 11 is 0. The smallest absolute Gasteiger partial charge is 0.253 e. The maximum atomic E-state index is 12.3. The lowest BCUT2D eigenvalue weighted by Gasteiger charge is -2.22. The summed E-state index contributed by atoms with van der Waals surface area (Å²) in [4.78, 5) is 26.0. The molecule has 0 spiro atoms. The lowest BCUT2D eigenvalue weighted by atomic mass is 10.1. The van der Waals surface area contributed by atoms with E-state index < -0.39 is 0 Å². The highest BCUT2D eigenvalue weighted by molar-refractivity contribution is 6.09. The van der Waals surface area contributed by atoms with Crippen molar-refractivity contribution in [2.24, 2.45) is 7.05 Å². The number of carbonyl (C=O) groups is 2. The van der Waals surface area contributed by atoms with Gasteiger partial charge in [-0.05, 0) is 25.1 Å². The number of nitrogens with zero attached hydrogens (tertiary/aromatic N) is 3. The van der Waals surface area contributed by atoms with E-state index in [1.165, 1.54) is 0 Å². The molecule has 0 saturated carbocycles. The third kappa shape index (κ3) is 2.40. The van der Waals surface area contributed by atoms with Crippen molar-refractivity contribution in [2.45, 2.75) is 13.5 Å². The first-order valence-electron chi connectivity index (χ1n) is 6.73. The van der Waals surface area contributed by atoms with Crippen molar-refractivity contribution in [3.8, 4) is 0 Å². The van der Waals surface area contributed by atoms with Gasteiger partial charge >= 0.3 is 0 Å². The van der Waals surface area contributed by atoms with E-state index in [0.717, 1.165) is 11.4 Å². The van der Waals surface area contributed by atoms with Gasteiger partial charge in [-0.15, -0.1) is 0 Å². The van der Waals surface area contributed by atoms with Gasteiger partial charge in [0, 0.05) is 7.05 Å². The van der Waals surface area contributed by atoms with E-state index >= 15 is 0 Å². The Morgan fingerprint density at radius 1 is 1.29 bits per heavy atom. The van der Waals surface area contributed by atoms with E-state index in [1.807, 2.05) is 26.1 Å². The average Bonchev–Trinajstić information content (AvgIpc) is 2.73. The van der Waals surface area contributed by atoms with E-state index in [0.29, 0.717) is 17.8 Å². The van der Waals surface area contributed by atoms with Gasteiger partial charge in [-0.1, -0.05) is 12.1 Å². The molecular formula is C15H16N4O2. The number of hydrogen-bond acceptors (Lipinski definition) is 3. The molecule has 0 atom stereocenters. The van der Waals surface area contributed by atoms with Gasteiger partial charge in [-0.3, -0.25) is 14.3 Å². The van der Waals surface area contributed by atoms with Crippen LogP contribution in [0.4, 0.5) is 5.69 Å². The molecule has 1 aliphatic rings. The zero-order valence-corrected chi connectivity index (χ0v) is 12.0. The molecule has 0 saturated heterocycles. The van der Waals surface area contributed by atoms with Gasteiger partial charge in [0.25, 0.3) is 5.91 Å². The lowest BCUT2D eigenvalue weighted by Crippen LogP contribution is -2.36. The summed E-state index contributed by atoms with van der Waals surface area (Å²) in [6.45, 7) is 2.30. The molecule has 1 N–H and O–H groups in total. The molecule has 0 aliphatic carbocycles. The number of benzene rings is 1. The number of fused-ring (bicyclic) bond motifs is 1. The van der Waals surface area contributed by atoms with Crippen LogP contribution in [0.2, 0.25) is 0 Å². The Morgan fingerprint density at radius 2 is 2.05 bits per heavy atom. The Kier molecular flexibility index (Phi) is 3.21. The van der Waals surface area contributed by atoms with Gasteiger partial charge in [0.1, 0.15) is 0 Å². The molecule has 21 heavy (non-hydrogen) atoms. The first-order valence-corrected chi connectivity index (χ1v) is 6.73. The highest BCUT2D eigenvalue weighted by Crippen LogP contribution is 2.24. The van der Waals surface area contributed by atoms with Crippen molar-refractivity contribution in [3.05, 3.63) is 47.3 Å². The van der Waals surface area contributed by atoms with Crippen LogP contribution in [0.5, 0.6) is 0 Å². The van der Waals surface area contributed by atoms with Crippen LogP contribution in [0.15, 0.2) is 30.3 Å². The second-order valence-corrected chi connectivity index (χ2v) is 5.08. The van der Waals surface area contributed by atoms with Gasteiger partial charge < -0.3 is 10.2 Å². The van der Waals surface area contributed by atoms with E-state index in [9.17, 15) is 9.59 Å². The fraction of sp³-hybridized carbons (Fsp3) is 0.267. The molecule has 0 fully saturated rings. The number of nitrogens with one attached hydrogen (secondary N) is 1. The average molecular weight is 284 g/mol. The van der Waals surface area contributed by atoms with Crippen LogP contribution >= 0.6 is 0 Å². The van der Waals surface area contributed by atoms with Crippen molar-refractivity contribution in [2.75, 3.05) is 11.4 Å². The Hall–Kier alpha value is -2.63. The summed E-state index contributed by atoms with van der Waals surface area (Å²) in [5, 5.41) is 6.93. The molecule has 2 amide bonds. The Balaban J connectivity index is 2.03. The Bertz CT molecular complexity index is 720. The molecule has 0 bridgehead atoms. The highest BCUT2D eigenvalue weighted by atomic mass is 16.2. The number of amides is 2. The maximum absolute atomic E-state index is 12.3. The van der Waals surface area contributed by atoms with Crippen LogP contribution in [0.1, 0.15) is 21.7 Å². The fourth-order valence-corrected chi connectivity index (χ4v) is 2.53. The minimum atomic E-state index is -0.220. The summed E-state index contributed by atoms with van der Waals surface area (Å²) in [6.07, 6.45) is 0. The number of hydrogen-bond donors (Lipinski definition) is 1. The van der Waals surface area contributed by atoms with Crippen LogP contribution < -0.4 is 10.2 Å². The molecule has 1 aromatic heterocycles. The second kappa shape index (κ2) is 5.05. The number of aromatic nitrogens is 2. The van der Waals surface area contributed by atoms with Crippen LogP contribution in [-0.2, 0) is 18.4 Å². The molecule has 1 aliphatic heterocycles. The van der Waals surface area contributed by atoms with Crippen molar-refractivity contribution >= 4 is 17.5 Å². The van der Waals surface area contributed by atoms with Gasteiger partial charge in [-0.2, -0.15) is 5.10 Å². The topological polar surface area (TPSA) is 67.2 Å². The van der Waals surface area contributed by atoms with E-state index in [2.05, 4.69) is 10.4 Å². The third-order valence-corrected chi connectivity index (χ3v) is 3.56. The van der Waals surface area contributed by atoms with Crippen LogP contribution in [0.25, 0.3) is 0 Å². The summed E-state index contributed by atoms with van der Waals surface area (Å²) in [6, 6.07) is 9.08. The highest BCUT2D eigenvalue weighted by Gasteiger charge is 2.26. The number of carbonyl (C=O) groups excluding carboxylic acids is 2. The predicted molar refractivity (Wildman–Crippen MR) is 77.9 cm³/mol. The molecule has 6 heteroatoms. The van der Waals surface area contributed by atoms with Crippen LogP contribution in [-0.4, -0.2) is 28.1 Å². The molecule has 1 aromatic carbocycles. The second-order valence-electron chi connectivity index (χ2n) is 5.08. The quantitative estimate of drug-likeness (QED) is 0.895. The van der Waals surface area contributed by atoms with E-state index in [-0.39, 0.29) is 18.4 Å². The zero-order chi connectivity index (χ0) is 15.0. The normalized spacial score (nSPS) is 14.7. The van der Waals surface area contributed by atoms with Crippen LogP contribution in [0.3, 0.4) is 0 Å². The molecule has 108 valence electrons. The van der Waals surface area contributed by atoms with E-state index in [1.54, 1.807) is 27.8 Å². The number of rotatable bonds is 2. The van der Waals surface area contributed by atoms with Crippen molar-refractivity contribution in [1.82, 2.24) is 15.1 Å². The number of anilines is 1. The maximum Gasteiger partial charge on any atom is 0.253 e. The summed E-state index contributed by atoms with van der Waals surface area (Å²) in [5.74, 6) is -0.352. The largest absolute Gasteiger partial charge is 0.343 e. The first-order chi connectivity index (χ1) is 10.1. The number of aryl methyl sites for hydroxylation is 2. The fourth-order valence-electron chi connectivity index (χ4n) is 2.53. The number of para-hydroxylation sites is 1. The van der Waals surface area contributed by atoms with Crippen molar-refractivity contribution < 1.29 is 9.59 Å². The molecule has 2 heterocycles.